The van der Waals surface area contributed by atoms with Gasteiger partial charge in [0.05, 0.1) is 5.75 Å². The highest BCUT2D eigenvalue weighted by Crippen LogP contribution is 2.23. The largest absolute Gasteiger partial charge is 0.372 e. The van der Waals surface area contributed by atoms with Gasteiger partial charge in [0.15, 0.2) is 5.82 Å². The molecule has 3 aromatic rings. The van der Waals surface area contributed by atoms with Gasteiger partial charge in [0, 0.05) is 30.0 Å². The molecule has 28 heavy (non-hydrogen) atoms. The third-order valence-corrected chi connectivity index (χ3v) is 5.59. The highest BCUT2D eigenvalue weighted by Gasteiger charge is 2.13. The van der Waals surface area contributed by atoms with Gasteiger partial charge in [0.1, 0.15) is 0 Å². The predicted octanol–water partition coefficient (Wildman–Crippen LogP) is 4.11. The van der Waals surface area contributed by atoms with Crippen molar-refractivity contribution in [3.05, 3.63) is 54.1 Å². The van der Waals surface area contributed by atoms with E-state index in [1.54, 1.807) is 0 Å². The number of anilines is 2. The number of aryl methyl sites for hydroxylation is 1. The molecule has 1 aliphatic heterocycles. The van der Waals surface area contributed by atoms with Crippen molar-refractivity contribution in [3.63, 3.8) is 0 Å². The van der Waals surface area contributed by atoms with Crippen molar-refractivity contribution in [2.45, 2.75) is 24.9 Å². The number of carbonyl (C=O) groups excluding carboxylic acids is 1. The van der Waals surface area contributed by atoms with Crippen molar-refractivity contribution < 1.29 is 4.79 Å². The maximum Gasteiger partial charge on any atom is 0.234 e. The summed E-state index contributed by atoms with van der Waals surface area (Å²) in [5.41, 5.74) is 4.20. The number of thioether (sulfide) groups is 1. The van der Waals surface area contributed by atoms with Crippen molar-refractivity contribution in [3.8, 4) is 11.4 Å². The van der Waals surface area contributed by atoms with E-state index in [2.05, 4.69) is 37.5 Å². The summed E-state index contributed by atoms with van der Waals surface area (Å²) in [4.78, 5) is 19.1. The van der Waals surface area contributed by atoms with Crippen molar-refractivity contribution in [2.24, 2.45) is 0 Å². The van der Waals surface area contributed by atoms with E-state index in [4.69, 9.17) is 0 Å². The molecule has 1 fully saturated rings. The second-order valence-corrected chi connectivity index (χ2v) is 7.85. The number of H-pyrrole nitrogens is 1. The first kappa shape index (κ1) is 18.6. The zero-order valence-corrected chi connectivity index (χ0v) is 16.6. The molecule has 1 aromatic heterocycles. The minimum atomic E-state index is -0.0689. The van der Waals surface area contributed by atoms with Gasteiger partial charge in [-0.25, -0.2) is 4.98 Å². The molecular formula is C21H23N5OS. The van der Waals surface area contributed by atoms with Gasteiger partial charge < -0.3 is 10.2 Å². The predicted molar refractivity (Wildman–Crippen MR) is 114 cm³/mol. The lowest BCUT2D eigenvalue weighted by Crippen LogP contribution is -2.18. The highest BCUT2D eigenvalue weighted by molar-refractivity contribution is 7.99. The van der Waals surface area contributed by atoms with Gasteiger partial charge in [-0.2, -0.15) is 0 Å². The summed E-state index contributed by atoms with van der Waals surface area (Å²) in [6, 6.07) is 16.1. The fourth-order valence-electron chi connectivity index (χ4n) is 3.21. The molecule has 7 heteroatoms. The van der Waals surface area contributed by atoms with Crippen LogP contribution in [0, 0.1) is 6.92 Å². The summed E-state index contributed by atoms with van der Waals surface area (Å²) < 4.78 is 0. The third kappa shape index (κ3) is 4.54. The van der Waals surface area contributed by atoms with Crippen LogP contribution in [0.15, 0.2) is 53.7 Å². The number of aromatic amines is 1. The minimum absolute atomic E-state index is 0.0689. The minimum Gasteiger partial charge on any atom is -0.372 e. The Morgan fingerprint density at radius 1 is 1.11 bits per heavy atom. The van der Waals surface area contributed by atoms with Crippen LogP contribution in [0.5, 0.6) is 0 Å². The smallest absolute Gasteiger partial charge is 0.234 e. The average Bonchev–Trinajstić information content (AvgIpc) is 3.40. The monoisotopic (exact) mass is 393 g/mol. The van der Waals surface area contributed by atoms with Gasteiger partial charge in [0.2, 0.25) is 11.1 Å². The number of hydrogen-bond acceptors (Lipinski definition) is 5. The summed E-state index contributed by atoms with van der Waals surface area (Å²) in [5, 5.41) is 10.6. The molecule has 4 rings (SSSR count). The topological polar surface area (TPSA) is 73.9 Å². The average molecular weight is 394 g/mol. The fourth-order valence-corrected chi connectivity index (χ4v) is 3.81. The Morgan fingerprint density at radius 2 is 1.82 bits per heavy atom. The number of nitrogens with zero attached hydrogens (tertiary/aromatic N) is 3. The van der Waals surface area contributed by atoms with Crippen molar-refractivity contribution in [1.82, 2.24) is 15.2 Å². The molecule has 144 valence electrons. The Kier molecular flexibility index (Phi) is 5.62. The zero-order valence-electron chi connectivity index (χ0n) is 15.8. The summed E-state index contributed by atoms with van der Waals surface area (Å²) in [7, 11) is 0. The Bertz CT molecular complexity index is 930. The van der Waals surface area contributed by atoms with Crippen molar-refractivity contribution >= 4 is 29.0 Å². The number of hydrogen-bond donors (Lipinski definition) is 2. The molecule has 1 amide bonds. The maximum absolute atomic E-state index is 12.2. The van der Waals surface area contributed by atoms with Gasteiger partial charge in [-0.15, -0.1) is 5.10 Å². The SMILES string of the molecule is Cc1ccc(-c2nc(SCC(=O)Nc3ccc(N4CCCC4)cc3)n[nH]2)cc1. The van der Waals surface area contributed by atoms with Gasteiger partial charge in [0.25, 0.3) is 0 Å². The van der Waals surface area contributed by atoms with E-state index in [0.29, 0.717) is 11.0 Å². The van der Waals surface area contributed by atoms with Crippen LogP contribution in [0.25, 0.3) is 11.4 Å². The molecule has 0 saturated carbocycles. The molecule has 6 nitrogen and oxygen atoms in total. The summed E-state index contributed by atoms with van der Waals surface area (Å²) in [6.07, 6.45) is 2.51. The van der Waals surface area contributed by atoms with Crippen LogP contribution >= 0.6 is 11.8 Å². The Morgan fingerprint density at radius 3 is 2.54 bits per heavy atom. The van der Waals surface area contributed by atoms with E-state index < -0.39 is 0 Å². The Labute approximate surface area is 168 Å². The summed E-state index contributed by atoms with van der Waals surface area (Å²) >= 11 is 1.32. The number of nitrogens with one attached hydrogen (secondary N) is 2. The molecule has 0 spiro atoms. The molecule has 0 unspecified atom stereocenters. The lowest BCUT2D eigenvalue weighted by atomic mass is 10.1. The Balaban J connectivity index is 1.29. The highest BCUT2D eigenvalue weighted by atomic mass is 32.2. The first-order valence-corrected chi connectivity index (χ1v) is 10.4. The van der Waals surface area contributed by atoms with Crippen LogP contribution in [-0.4, -0.2) is 39.9 Å². The molecule has 0 aliphatic carbocycles. The summed E-state index contributed by atoms with van der Waals surface area (Å²) in [6.45, 7) is 4.27. The maximum atomic E-state index is 12.2. The number of amides is 1. The molecule has 0 atom stereocenters. The van der Waals surface area contributed by atoms with Crippen LogP contribution in [0.4, 0.5) is 11.4 Å². The second-order valence-electron chi connectivity index (χ2n) is 6.91. The second kappa shape index (κ2) is 8.48. The van der Waals surface area contributed by atoms with E-state index in [1.165, 1.54) is 35.9 Å². The van der Waals surface area contributed by atoms with Crippen LogP contribution in [-0.2, 0) is 4.79 Å². The molecule has 1 saturated heterocycles. The van der Waals surface area contributed by atoms with Crippen molar-refractivity contribution in [2.75, 3.05) is 29.1 Å². The lowest BCUT2D eigenvalue weighted by molar-refractivity contribution is -0.113. The molecule has 2 heterocycles. The van der Waals surface area contributed by atoms with E-state index in [1.807, 2.05) is 43.3 Å². The van der Waals surface area contributed by atoms with Gasteiger partial charge in [-0.1, -0.05) is 41.6 Å². The Hall–Kier alpha value is -2.80. The van der Waals surface area contributed by atoms with E-state index in [9.17, 15) is 4.79 Å². The van der Waals surface area contributed by atoms with E-state index >= 15 is 0 Å². The standard InChI is InChI=1S/C21H23N5OS/c1-15-4-6-16(7-5-15)20-23-21(25-24-20)28-14-19(27)22-17-8-10-18(11-9-17)26-12-2-3-13-26/h4-11H,2-3,12-14H2,1H3,(H,22,27)(H,23,24,25). The van der Waals surface area contributed by atoms with Crippen molar-refractivity contribution in [1.29, 1.82) is 0 Å². The van der Waals surface area contributed by atoms with Gasteiger partial charge in [-0.3, -0.25) is 9.89 Å². The third-order valence-electron chi connectivity index (χ3n) is 4.74. The van der Waals surface area contributed by atoms with Crippen LogP contribution in [0.1, 0.15) is 18.4 Å². The normalized spacial score (nSPS) is 13.7. The number of rotatable bonds is 6. The van der Waals surface area contributed by atoms with Crippen LogP contribution in [0.3, 0.4) is 0 Å². The molecule has 1 aliphatic rings. The molecule has 2 aromatic carbocycles. The molecular weight excluding hydrogens is 370 g/mol. The summed E-state index contributed by atoms with van der Waals surface area (Å²) in [5.74, 6) is 0.903. The van der Waals surface area contributed by atoms with Gasteiger partial charge in [-0.05, 0) is 44.0 Å². The lowest BCUT2D eigenvalue weighted by Gasteiger charge is -2.17. The molecule has 0 radical (unpaired) electrons. The zero-order chi connectivity index (χ0) is 19.3. The number of benzene rings is 2. The van der Waals surface area contributed by atoms with E-state index in [0.717, 1.165) is 24.3 Å². The molecule has 0 bridgehead atoms. The quantitative estimate of drug-likeness (QED) is 0.617. The first-order valence-electron chi connectivity index (χ1n) is 9.44. The van der Waals surface area contributed by atoms with Gasteiger partial charge >= 0.3 is 0 Å². The van der Waals surface area contributed by atoms with Crippen LogP contribution in [0.2, 0.25) is 0 Å². The van der Waals surface area contributed by atoms with Crippen LogP contribution < -0.4 is 10.2 Å². The molecule has 2 N–H and O–H groups in total. The fraction of sp³-hybridized carbons (Fsp3) is 0.286. The van der Waals surface area contributed by atoms with E-state index in [-0.39, 0.29) is 11.7 Å². The number of aromatic nitrogens is 3. The number of carbonyl (C=O) groups is 1. The first-order chi connectivity index (χ1) is 13.7.